The van der Waals surface area contributed by atoms with E-state index in [-0.39, 0.29) is 0 Å². The highest BCUT2D eigenvalue weighted by atomic mass is 16.4. The van der Waals surface area contributed by atoms with Gasteiger partial charge in [-0.15, -0.1) is 0 Å². The second-order valence-corrected chi connectivity index (χ2v) is 5.05. The first-order valence-corrected chi connectivity index (χ1v) is 5.88. The van der Waals surface area contributed by atoms with Crippen LogP contribution in [0.1, 0.15) is 32.1 Å². The maximum Gasteiger partial charge on any atom is 0.327 e. The highest BCUT2D eigenvalue weighted by Gasteiger charge is 2.44. The molecule has 2 bridgehead atoms. The van der Waals surface area contributed by atoms with E-state index >= 15 is 0 Å². The van der Waals surface area contributed by atoms with Crippen LogP contribution in [-0.4, -0.2) is 11.1 Å². The lowest BCUT2D eigenvalue weighted by Crippen LogP contribution is -2.08. The van der Waals surface area contributed by atoms with Crippen molar-refractivity contribution in [2.45, 2.75) is 32.1 Å². The summed E-state index contributed by atoms with van der Waals surface area (Å²) in [6.45, 7) is 0. The summed E-state index contributed by atoms with van der Waals surface area (Å²) in [6, 6.07) is 0. The third kappa shape index (κ3) is 1.35. The Labute approximate surface area is 89.7 Å². The van der Waals surface area contributed by atoms with Crippen molar-refractivity contribution in [2.75, 3.05) is 0 Å². The fourth-order valence-electron chi connectivity index (χ4n) is 3.84. The third-order valence-electron chi connectivity index (χ3n) is 4.36. The minimum Gasteiger partial charge on any atom is -0.478 e. The molecule has 0 aliphatic heterocycles. The van der Waals surface area contributed by atoms with Crippen molar-refractivity contribution in [3.63, 3.8) is 0 Å². The molecule has 15 heavy (non-hydrogen) atoms. The number of rotatable bonds is 2. The third-order valence-corrected chi connectivity index (χ3v) is 4.36. The Morgan fingerprint density at radius 3 is 3.00 bits per heavy atom. The summed E-state index contributed by atoms with van der Waals surface area (Å²) in [5.74, 6) is 1.37. The van der Waals surface area contributed by atoms with Gasteiger partial charge in [0.2, 0.25) is 0 Å². The minimum atomic E-state index is -0.813. The quantitative estimate of drug-likeness (QED) is 0.554. The lowest BCUT2D eigenvalue weighted by molar-refractivity contribution is -0.131. The molecule has 2 saturated carbocycles. The molecule has 0 amide bonds. The zero-order valence-electron chi connectivity index (χ0n) is 8.78. The van der Waals surface area contributed by atoms with Gasteiger partial charge < -0.3 is 5.11 Å². The van der Waals surface area contributed by atoms with Crippen LogP contribution in [-0.2, 0) is 4.79 Å². The van der Waals surface area contributed by atoms with E-state index in [0.29, 0.717) is 5.92 Å². The Morgan fingerprint density at radius 2 is 2.20 bits per heavy atom. The molecule has 0 aromatic carbocycles. The van der Waals surface area contributed by atoms with Crippen molar-refractivity contribution < 1.29 is 9.90 Å². The van der Waals surface area contributed by atoms with Crippen LogP contribution in [0.5, 0.6) is 0 Å². The lowest BCUT2D eigenvalue weighted by Gasteiger charge is -2.19. The molecular formula is C13H16O2. The van der Waals surface area contributed by atoms with Crippen molar-refractivity contribution >= 4 is 5.97 Å². The zero-order chi connectivity index (χ0) is 10.4. The topological polar surface area (TPSA) is 37.3 Å². The number of carboxylic acids is 1. The highest BCUT2D eigenvalue weighted by molar-refractivity contribution is 5.79. The van der Waals surface area contributed by atoms with Gasteiger partial charge in [0.25, 0.3) is 0 Å². The fraction of sp³-hybridized carbons (Fsp3) is 0.615. The van der Waals surface area contributed by atoms with Gasteiger partial charge in [0, 0.05) is 6.08 Å². The van der Waals surface area contributed by atoms with Gasteiger partial charge in [-0.05, 0) is 49.9 Å². The van der Waals surface area contributed by atoms with Gasteiger partial charge in [0.15, 0.2) is 0 Å². The van der Waals surface area contributed by atoms with Crippen LogP contribution in [0, 0.1) is 17.8 Å². The summed E-state index contributed by atoms with van der Waals surface area (Å²) < 4.78 is 0. The summed E-state index contributed by atoms with van der Waals surface area (Å²) in [5, 5.41) is 8.64. The summed E-state index contributed by atoms with van der Waals surface area (Å²) in [5.41, 5.74) is 3.30. The number of hydrogen-bond acceptors (Lipinski definition) is 1. The number of hydrogen-bond donors (Lipinski definition) is 1. The average Bonchev–Trinajstić information content (AvgIpc) is 2.87. The molecule has 80 valence electrons. The molecule has 2 fully saturated rings. The first kappa shape index (κ1) is 9.20. The molecule has 0 aromatic heterocycles. The van der Waals surface area contributed by atoms with Crippen LogP contribution in [0.3, 0.4) is 0 Å². The summed E-state index contributed by atoms with van der Waals surface area (Å²) in [6.07, 6.45) is 9.68. The van der Waals surface area contributed by atoms with Crippen LogP contribution >= 0.6 is 0 Å². The molecule has 3 atom stereocenters. The Morgan fingerprint density at radius 1 is 1.33 bits per heavy atom. The van der Waals surface area contributed by atoms with Crippen molar-refractivity contribution in [3.8, 4) is 0 Å². The Hall–Kier alpha value is -1.05. The summed E-state index contributed by atoms with van der Waals surface area (Å²) in [4.78, 5) is 10.5. The molecule has 0 saturated heterocycles. The normalized spacial score (nSPS) is 38.0. The predicted molar refractivity (Wildman–Crippen MR) is 57.4 cm³/mol. The second kappa shape index (κ2) is 3.22. The van der Waals surface area contributed by atoms with Crippen LogP contribution in [0.2, 0.25) is 0 Å². The van der Waals surface area contributed by atoms with E-state index in [1.165, 1.54) is 38.2 Å². The van der Waals surface area contributed by atoms with Gasteiger partial charge in [-0.2, -0.15) is 0 Å². The van der Waals surface area contributed by atoms with E-state index in [1.54, 1.807) is 11.1 Å². The van der Waals surface area contributed by atoms with Gasteiger partial charge in [-0.25, -0.2) is 4.79 Å². The van der Waals surface area contributed by atoms with E-state index in [9.17, 15) is 4.79 Å². The van der Waals surface area contributed by atoms with Crippen molar-refractivity contribution in [1.82, 2.24) is 0 Å². The smallest absolute Gasteiger partial charge is 0.327 e. The van der Waals surface area contributed by atoms with E-state index < -0.39 is 5.97 Å². The number of carbonyl (C=O) groups is 1. The molecule has 2 heteroatoms. The Kier molecular flexibility index (Phi) is 1.98. The van der Waals surface area contributed by atoms with Crippen LogP contribution < -0.4 is 0 Å². The summed E-state index contributed by atoms with van der Waals surface area (Å²) in [7, 11) is 0. The molecule has 3 aliphatic rings. The van der Waals surface area contributed by atoms with Gasteiger partial charge >= 0.3 is 5.97 Å². The Balaban J connectivity index is 1.85. The summed E-state index contributed by atoms with van der Waals surface area (Å²) >= 11 is 0. The molecule has 3 unspecified atom stereocenters. The number of carboxylic acid groups (broad SMARTS) is 1. The van der Waals surface area contributed by atoms with Gasteiger partial charge in [0.1, 0.15) is 0 Å². The Bertz CT molecular complexity index is 365. The predicted octanol–water partition coefficient (Wildman–Crippen LogP) is 2.76. The second-order valence-electron chi connectivity index (χ2n) is 5.05. The van der Waals surface area contributed by atoms with Crippen molar-refractivity contribution in [2.24, 2.45) is 17.8 Å². The maximum atomic E-state index is 10.5. The number of aliphatic carboxylic acids is 1. The standard InChI is InChI=1S/C13H16O2/c14-12(15)6-4-8-3-5-11-9-1-2-10(7-9)13(8)11/h4,6,8-9,11H,1-3,5,7H2,(H,14,15). The van der Waals surface area contributed by atoms with Gasteiger partial charge in [-0.3, -0.25) is 0 Å². The van der Waals surface area contributed by atoms with E-state index in [0.717, 1.165) is 11.8 Å². The average molecular weight is 204 g/mol. The van der Waals surface area contributed by atoms with Crippen LogP contribution in [0.4, 0.5) is 0 Å². The monoisotopic (exact) mass is 204 g/mol. The number of fused-ring (bicyclic) bond motifs is 4. The molecule has 1 N–H and O–H groups in total. The lowest BCUT2D eigenvalue weighted by atomic mass is 9.86. The minimum absolute atomic E-state index is 0.450. The van der Waals surface area contributed by atoms with Crippen molar-refractivity contribution in [3.05, 3.63) is 23.3 Å². The molecular weight excluding hydrogens is 188 g/mol. The molecule has 0 spiro atoms. The van der Waals surface area contributed by atoms with E-state index in [1.807, 2.05) is 6.08 Å². The highest BCUT2D eigenvalue weighted by Crippen LogP contribution is 2.57. The van der Waals surface area contributed by atoms with Gasteiger partial charge in [-0.1, -0.05) is 17.2 Å². The molecule has 0 aromatic rings. The number of allylic oxidation sites excluding steroid dienone is 3. The molecule has 3 rings (SSSR count). The maximum absolute atomic E-state index is 10.5. The SMILES string of the molecule is O=C(O)C=CC1CCC2C1=C1CCC2C1. The first-order valence-electron chi connectivity index (χ1n) is 5.88. The zero-order valence-corrected chi connectivity index (χ0v) is 8.78. The first-order chi connectivity index (χ1) is 7.25. The van der Waals surface area contributed by atoms with Gasteiger partial charge in [0.05, 0.1) is 0 Å². The van der Waals surface area contributed by atoms with E-state index in [2.05, 4.69) is 0 Å². The van der Waals surface area contributed by atoms with Crippen molar-refractivity contribution in [1.29, 1.82) is 0 Å². The van der Waals surface area contributed by atoms with Crippen LogP contribution in [0.25, 0.3) is 0 Å². The largest absolute Gasteiger partial charge is 0.478 e. The fourth-order valence-corrected chi connectivity index (χ4v) is 3.84. The molecule has 0 radical (unpaired) electrons. The van der Waals surface area contributed by atoms with Crippen LogP contribution in [0.15, 0.2) is 23.3 Å². The molecule has 0 heterocycles. The molecule has 2 nitrogen and oxygen atoms in total. The molecule has 3 aliphatic carbocycles. The van der Waals surface area contributed by atoms with E-state index in [4.69, 9.17) is 5.11 Å².